The lowest BCUT2D eigenvalue weighted by atomic mass is 9.85. The van der Waals surface area contributed by atoms with E-state index in [0.29, 0.717) is 23.9 Å². The van der Waals surface area contributed by atoms with Crippen molar-refractivity contribution < 1.29 is 14.4 Å². The minimum atomic E-state index is -0.858. The zero-order chi connectivity index (χ0) is 18.1. The summed E-state index contributed by atoms with van der Waals surface area (Å²) in [5.74, 6) is -1.12. The van der Waals surface area contributed by atoms with Crippen LogP contribution in [-0.4, -0.2) is 38.9 Å². The van der Waals surface area contributed by atoms with E-state index in [4.69, 9.17) is 0 Å². The summed E-state index contributed by atoms with van der Waals surface area (Å²) in [6.45, 7) is 5.74. The maximum Gasteiger partial charge on any atom is 0.249 e. The van der Waals surface area contributed by atoms with E-state index >= 15 is 0 Å². The Bertz CT molecular complexity index is 701. The van der Waals surface area contributed by atoms with Crippen LogP contribution in [0.4, 0.5) is 5.13 Å². The molecule has 0 saturated carbocycles. The molecule has 0 radical (unpaired) electrons. The molecule has 0 bridgehead atoms. The highest BCUT2D eigenvalue weighted by Gasteiger charge is 2.50. The Hall–Kier alpha value is -2.09. The minimum absolute atomic E-state index is 0.250. The van der Waals surface area contributed by atoms with Gasteiger partial charge >= 0.3 is 0 Å². The van der Waals surface area contributed by atoms with Crippen molar-refractivity contribution in [2.45, 2.75) is 46.1 Å². The van der Waals surface area contributed by atoms with Crippen LogP contribution in [0.15, 0.2) is 12.2 Å². The number of rotatable bonds is 5. The number of amides is 3. The predicted octanol–water partition coefficient (Wildman–Crippen LogP) is 2.01. The van der Waals surface area contributed by atoms with Crippen molar-refractivity contribution >= 4 is 34.2 Å². The summed E-state index contributed by atoms with van der Waals surface area (Å²) in [6, 6.07) is -0.858. The lowest BCUT2D eigenvalue weighted by Crippen LogP contribution is -2.46. The van der Waals surface area contributed by atoms with Crippen molar-refractivity contribution in [3.05, 3.63) is 17.2 Å². The first-order chi connectivity index (χ1) is 11.9. The summed E-state index contributed by atoms with van der Waals surface area (Å²) in [4.78, 5) is 38.7. The average Bonchev–Trinajstić information content (AvgIpc) is 3.10. The molecule has 25 heavy (non-hydrogen) atoms. The summed E-state index contributed by atoms with van der Waals surface area (Å²) >= 11 is 1.32. The molecule has 3 rings (SSSR count). The van der Waals surface area contributed by atoms with Crippen LogP contribution >= 0.6 is 11.3 Å². The Balaban J connectivity index is 1.67. The molecule has 0 spiro atoms. The third-order valence-corrected chi connectivity index (χ3v) is 5.45. The predicted molar refractivity (Wildman–Crippen MR) is 93.7 cm³/mol. The first-order valence-electron chi connectivity index (χ1n) is 8.53. The highest BCUT2D eigenvalue weighted by molar-refractivity contribution is 7.15. The van der Waals surface area contributed by atoms with Gasteiger partial charge in [0.1, 0.15) is 11.0 Å². The standard InChI is InChI=1S/C17H22N4O3S/c1-9(2)8-13-19-20-17(25-13)18-14(22)10(3)21-15(23)11-6-4-5-7-12(11)16(21)24/h4-5,9-12H,6-8H2,1-3H3,(H,18,20,22)/t10-,11-,12+/m0/s1. The van der Waals surface area contributed by atoms with Crippen molar-refractivity contribution in [1.29, 1.82) is 0 Å². The summed E-state index contributed by atoms with van der Waals surface area (Å²) in [6.07, 6.45) is 5.78. The van der Waals surface area contributed by atoms with Crippen LogP contribution in [0.5, 0.6) is 0 Å². The maximum atomic E-state index is 12.5. The van der Waals surface area contributed by atoms with Crippen LogP contribution in [0.3, 0.4) is 0 Å². The zero-order valence-corrected chi connectivity index (χ0v) is 15.4. The van der Waals surface area contributed by atoms with Gasteiger partial charge in [0.25, 0.3) is 0 Å². The smallest absolute Gasteiger partial charge is 0.249 e. The molecular formula is C17H22N4O3S. The van der Waals surface area contributed by atoms with E-state index in [1.54, 1.807) is 6.92 Å². The fourth-order valence-electron chi connectivity index (χ4n) is 3.27. The highest BCUT2D eigenvalue weighted by atomic mass is 32.1. The number of allylic oxidation sites excluding steroid dienone is 2. The molecular weight excluding hydrogens is 340 g/mol. The van der Waals surface area contributed by atoms with Gasteiger partial charge in [-0.3, -0.25) is 24.6 Å². The van der Waals surface area contributed by atoms with Crippen LogP contribution in [0, 0.1) is 17.8 Å². The molecule has 8 heteroatoms. The van der Waals surface area contributed by atoms with Crippen LogP contribution in [0.2, 0.25) is 0 Å². The molecule has 7 nitrogen and oxygen atoms in total. The number of hydrogen-bond acceptors (Lipinski definition) is 6. The number of nitrogens with one attached hydrogen (secondary N) is 1. The van der Waals surface area contributed by atoms with Gasteiger partial charge in [0.2, 0.25) is 22.9 Å². The van der Waals surface area contributed by atoms with E-state index in [9.17, 15) is 14.4 Å². The third kappa shape index (κ3) is 3.49. The number of carbonyl (C=O) groups is 3. The number of aromatic nitrogens is 2. The summed E-state index contributed by atoms with van der Waals surface area (Å²) in [5, 5.41) is 11.9. The largest absolute Gasteiger partial charge is 0.299 e. The van der Waals surface area contributed by atoms with Gasteiger partial charge in [0.05, 0.1) is 11.8 Å². The third-order valence-electron chi connectivity index (χ3n) is 4.59. The van der Waals surface area contributed by atoms with Gasteiger partial charge in [-0.1, -0.05) is 37.3 Å². The van der Waals surface area contributed by atoms with Gasteiger partial charge in [-0.25, -0.2) is 0 Å². The summed E-state index contributed by atoms with van der Waals surface area (Å²) < 4.78 is 0. The molecule has 1 fully saturated rings. The number of hydrogen-bond donors (Lipinski definition) is 1. The molecule has 1 N–H and O–H groups in total. The zero-order valence-electron chi connectivity index (χ0n) is 14.6. The van der Waals surface area contributed by atoms with Crippen LogP contribution in [0.1, 0.15) is 38.6 Å². The average molecular weight is 362 g/mol. The van der Waals surface area contributed by atoms with Crippen molar-refractivity contribution in [2.75, 3.05) is 5.32 Å². The van der Waals surface area contributed by atoms with Gasteiger partial charge < -0.3 is 0 Å². The lowest BCUT2D eigenvalue weighted by molar-refractivity contribution is -0.146. The molecule has 1 aromatic heterocycles. The summed E-state index contributed by atoms with van der Waals surface area (Å²) in [5.41, 5.74) is 0. The topological polar surface area (TPSA) is 92.3 Å². The molecule has 1 saturated heterocycles. The minimum Gasteiger partial charge on any atom is -0.299 e. The van der Waals surface area contributed by atoms with E-state index in [-0.39, 0.29) is 23.7 Å². The van der Waals surface area contributed by atoms with Crippen LogP contribution in [0.25, 0.3) is 0 Å². The molecule has 134 valence electrons. The Kier molecular flexibility index (Phi) is 4.99. The van der Waals surface area contributed by atoms with Gasteiger partial charge in [-0.2, -0.15) is 0 Å². The SMILES string of the molecule is CC(C)Cc1nnc(NC(=O)[C@H](C)N2C(=O)[C@H]3CC=CC[C@H]3C2=O)s1. The number of likely N-dealkylation sites (tertiary alicyclic amines) is 1. The van der Waals surface area contributed by atoms with Crippen LogP contribution < -0.4 is 5.32 Å². The quantitative estimate of drug-likeness (QED) is 0.639. The van der Waals surface area contributed by atoms with E-state index in [2.05, 4.69) is 29.4 Å². The number of imide groups is 1. The molecule has 0 aromatic carbocycles. The Labute approximate surface area is 150 Å². The number of carbonyl (C=O) groups excluding carboxylic acids is 3. The van der Waals surface area contributed by atoms with E-state index in [1.165, 1.54) is 11.3 Å². The Morgan fingerprint density at radius 1 is 1.20 bits per heavy atom. The molecule has 1 aromatic rings. The number of nitrogens with zero attached hydrogens (tertiary/aromatic N) is 3. The second kappa shape index (κ2) is 7.03. The van der Waals surface area contributed by atoms with E-state index in [0.717, 1.165) is 16.3 Å². The van der Waals surface area contributed by atoms with Gasteiger partial charge in [0, 0.05) is 6.42 Å². The molecule has 3 amide bonds. The number of anilines is 1. The molecule has 1 aliphatic heterocycles. The second-order valence-electron chi connectivity index (χ2n) is 6.97. The molecule has 1 aliphatic carbocycles. The van der Waals surface area contributed by atoms with Gasteiger partial charge in [-0.05, 0) is 25.7 Å². The highest BCUT2D eigenvalue weighted by Crippen LogP contribution is 2.36. The van der Waals surface area contributed by atoms with Gasteiger partial charge in [0.15, 0.2) is 0 Å². The molecule has 2 heterocycles. The maximum absolute atomic E-state index is 12.5. The monoisotopic (exact) mass is 362 g/mol. The summed E-state index contributed by atoms with van der Waals surface area (Å²) in [7, 11) is 0. The van der Waals surface area contributed by atoms with E-state index < -0.39 is 11.9 Å². The fraction of sp³-hybridized carbons (Fsp3) is 0.588. The fourth-order valence-corrected chi connectivity index (χ4v) is 4.23. The Morgan fingerprint density at radius 2 is 1.80 bits per heavy atom. The van der Waals surface area contributed by atoms with E-state index in [1.807, 2.05) is 12.2 Å². The second-order valence-corrected chi connectivity index (χ2v) is 8.03. The molecule has 2 aliphatic rings. The van der Waals surface area contributed by atoms with Crippen molar-refractivity contribution in [2.24, 2.45) is 17.8 Å². The van der Waals surface area contributed by atoms with Crippen molar-refractivity contribution in [3.63, 3.8) is 0 Å². The number of fused-ring (bicyclic) bond motifs is 1. The van der Waals surface area contributed by atoms with Crippen molar-refractivity contribution in [1.82, 2.24) is 15.1 Å². The van der Waals surface area contributed by atoms with Crippen LogP contribution in [-0.2, 0) is 20.8 Å². The first-order valence-corrected chi connectivity index (χ1v) is 9.35. The van der Waals surface area contributed by atoms with Crippen molar-refractivity contribution in [3.8, 4) is 0 Å². The van der Waals surface area contributed by atoms with Gasteiger partial charge in [-0.15, -0.1) is 10.2 Å². The first kappa shape index (κ1) is 17.7. The molecule has 3 atom stereocenters. The Morgan fingerprint density at radius 3 is 2.36 bits per heavy atom. The molecule has 0 unspecified atom stereocenters. The normalized spacial score (nSPS) is 23.9. The lowest BCUT2D eigenvalue weighted by Gasteiger charge is -2.21.